The molecule has 1 heterocycles. The smallest absolute Gasteiger partial charge is 0.136 e. The highest BCUT2D eigenvalue weighted by Gasteiger charge is 2.20. The van der Waals surface area contributed by atoms with E-state index in [4.69, 9.17) is 4.42 Å². The number of fused-ring (bicyclic) bond motifs is 9. The van der Waals surface area contributed by atoms with Gasteiger partial charge in [-0.3, -0.25) is 0 Å². The first-order valence-electron chi connectivity index (χ1n) is 22.7. The largest absolute Gasteiger partial charge is 0.456 e. The van der Waals surface area contributed by atoms with Gasteiger partial charge in [0.1, 0.15) is 11.2 Å². The standard InChI is InChI=1S/C64H41NO/c1-3-16-52-45(13-1)36-39-57-55(52)21-10-22-56(57)58-18-5-7-23-61(58)65(50-37-34-46(35-38-50)54-20-11-25-63-64(54)59-19-6-8-24-62(59)66-63)51-15-9-14-48(40-51)42-26-28-43(29-27-42)49-33-32-47-31-30-44-12-2-4-17-53(44)60(47)41-49/h1-41H. The molecular weight excluding hydrogens is 799 g/mol. The summed E-state index contributed by atoms with van der Waals surface area (Å²) in [7, 11) is 0. The van der Waals surface area contributed by atoms with Crippen LogP contribution in [0.4, 0.5) is 17.1 Å². The van der Waals surface area contributed by atoms with Crippen molar-refractivity contribution in [1.82, 2.24) is 0 Å². The molecule has 2 heteroatoms. The summed E-state index contributed by atoms with van der Waals surface area (Å²) in [4.78, 5) is 2.42. The van der Waals surface area contributed by atoms with Gasteiger partial charge in [0.2, 0.25) is 0 Å². The van der Waals surface area contributed by atoms with Crippen LogP contribution in [-0.2, 0) is 0 Å². The van der Waals surface area contributed by atoms with E-state index in [1.807, 2.05) is 12.1 Å². The second-order valence-corrected chi connectivity index (χ2v) is 17.2. The molecule has 0 aliphatic rings. The normalized spacial score (nSPS) is 11.6. The van der Waals surface area contributed by atoms with Gasteiger partial charge in [0.05, 0.1) is 5.69 Å². The number of rotatable bonds is 7. The molecule has 0 fully saturated rings. The van der Waals surface area contributed by atoms with Crippen LogP contribution >= 0.6 is 0 Å². The minimum atomic E-state index is 0.895. The minimum Gasteiger partial charge on any atom is -0.456 e. The Morgan fingerprint density at radius 1 is 0.258 bits per heavy atom. The Kier molecular flexibility index (Phi) is 8.89. The Morgan fingerprint density at radius 3 is 1.59 bits per heavy atom. The summed E-state index contributed by atoms with van der Waals surface area (Å²) < 4.78 is 6.30. The molecule has 2 nitrogen and oxygen atoms in total. The van der Waals surface area contributed by atoms with Gasteiger partial charge in [-0.15, -0.1) is 0 Å². The van der Waals surface area contributed by atoms with Gasteiger partial charge in [-0.25, -0.2) is 0 Å². The van der Waals surface area contributed by atoms with E-state index in [2.05, 4.69) is 241 Å². The average molecular weight is 840 g/mol. The molecule has 0 saturated carbocycles. The quantitative estimate of drug-likeness (QED) is 0.149. The lowest BCUT2D eigenvalue weighted by atomic mass is 9.93. The number of anilines is 3. The Bertz CT molecular complexity index is 3990. The number of para-hydroxylation sites is 2. The second kappa shape index (κ2) is 15.5. The fourth-order valence-corrected chi connectivity index (χ4v) is 10.3. The van der Waals surface area contributed by atoms with Gasteiger partial charge in [0.15, 0.2) is 0 Å². The van der Waals surface area contributed by atoms with Gasteiger partial charge in [-0.05, 0) is 131 Å². The van der Waals surface area contributed by atoms with Crippen LogP contribution in [-0.4, -0.2) is 0 Å². The maximum atomic E-state index is 6.30. The van der Waals surface area contributed by atoms with Crippen LogP contribution in [0, 0.1) is 0 Å². The Morgan fingerprint density at radius 2 is 0.788 bits per heavy atom. The topological polar surface area (TPSA) is 16.4 Å². The monoisotopic (exact) mass is 839 g/mol. The second-order valence-electron chi connectivity index (χ2n) is 17.2. The third-order valence-electron chi connectivity index (χ3n) is 13.5. The first-order chi connectivity index (χ1) is 32.7. The zero-order chi connectivity index (χ0) is 43.6. The minimum absolute atomic E-state index is 0.895. The first kappa shape index (κ1) is 37.8. The number of hydrogen-bond donors (Lipinski definition) is 0. The fourth-order valence-electron chi connectivity index (χ4n) is 10.3. The van der Waals surface area contributed by atoms with E-state index >= 15 is 0 Å². The van der Waals surface area contributed by atoms with Crippen LogP contribution < -0.4 is 4.90 Å². The Balaban J connectivity index is 0.936. The van der Waals surface area contributed by atoms with Crippen molar-refractivity contribution in [2.45, 2.75) is 0 Å². The van der Waals surface area contributed by atoms with Gasteiger partial charge < -0.3 is 9.32 Å². The maximum Gasteiger partial charge on any atom is 0.136 e. The van der Waals surface area contributed by atoms with Crippen LogP contribution in [0.2, 0.25) is 0 Å². The molecule has 0 N–H and O–H groups in total. The van der Waals surface area contributed by atoms with Crippen molar-refractivity contribution in [3.63, 3.8) is 0 Å². The molecule has 0 bridgehead atoms. The predicted octanol–water partition coefficient (Wildman–Crippen LogP) is 18.3. The third kappa shape index (κ3) is 6.34. The molecule has 1 aromatic heterocycles. The van der Waals surface area contributed by atoms with E-state index in [9.17, 15) is 0 Å². The average Bonchev–Trinajstić information content (AvgIpc) is 3.78. The fraction of sp³-hybridized carbons (Fsp3) is 0. The maximum absolute atomic E-state index is 6.30. The van der Waals surface area contributed by atoms with Crippen molar-refractivity contribution < 1.29 is 4.42 Å². The zero-order valence-corrected chi connectivity index (χ0v) is 36.0. The summed E-state index contributed by atoms with van der Waals surface area (Å²) >= 11 is 0. The molecule has 66 heavy (non-hydrogen) atoms. The molecule has 0 atom stereocenters. The van der Waals surface area contributed by atoms with Gasteiger partial charge >= 0.3 is 0 Å². The van der Waals surface area contributed by atoms with Gasteiger partial charge in [-0.2, -0.15) is 0 Å². The van der Waals surface area contributed by atoms with Gasteiger partial charge in [0, 0.05) is 27.7 Å². The summed E-state index contributed by atoms with van der Waals surface area (Å²) in [6.07, 6.45) is 0. The van der Waals surface area contributed by atoms with Gasteiger partial charge in [0.25, 0.3) is 0 Å². The molecule has 13 rings (SSSR count). The van der Waals surface area contributed by atoms with Crippen LogP contribution in [0.1, 0.15) is 0 Å². The van der Waals surface area contributed by atoms with E-state index in [-0.39, 0.29) is 0 Å². The molecule has 0 unspecified atom stereocenters. The number of furan rings is 1. The van der Waals surface area contributed by atoms with Crippen LogP contribution in [0.5, 0.6) is 0 Å². The molecule has 0 spiro atoms. The van der Waals surface area contributed by atoms with E-state index in [1.165, 1.54) is 59.8 Å². The van der Waals surface area contributed by atoms with Gasteiger partial charge in [-0.1, -0.05) is 200 Å². The number of nitrogens with zero attached hydrogens (tertiary/aromatic N) is 1. The predicted molar refractivity (Wildman–Crippen MR) is 280 cm³/mol. The van der Waals surface area contributed by atoms with E-state index in [0.717, 1.165) is 66.8 Å². The van der Waals surface area contributed by atoms with Crippen molar-refractivity contribution in [2.24, 2.45) is 0 Å². The molecule has 0 aliphatic heterocycles. The highest BCUT2D eigenvalue weighted by Crippen LogP contribution is 2.45. The first-order valence-corrected chi connectivity index (χ1v) is 22.7. The van der Waals surface area contributed by atoms with Crippen LogP contribution in [0.25, 0.3) is 110 Å². The number of benzene rings is 12. The molecule has 0 aliphatic carbocycles. The summed E-state index contributed by atoms with van der Waals surface area (Å²) in [5.41, 5.74) is 14.4. The summed E-state index contributed by atoms with van der Waals surface area (Å²) in [6.45, 7) is 0. The van der Waals surface area contributed by atoms with E-state index in [1.54, 1.807) is 0 Å². The molecule has 13 aromatic rings. The summed E-state index contributed by atoms with van der Waals surface area (Å²) in [6, 6.07) is 90.4. The van der Waals surface area contributed by atoms with Crippen molar-refractivity contribution in [2.75, 3.05) is 4.90 Å². The molecular formula is C64H41NO. The Hall–Kier alpha value is -8.72. The lowest BCUT2D eigenvalue weighted by Gasteiger charge is -2.29. The molecule has 0 radical (unpaired) electrons. The molecule has 12 aromatic carbocycles. The highest BCUT2D eigenvalue weighted by molar-refractivity contribution is 6.14. The van der Waals surface area contributed by atoms with Crippen LogP contribution in [0.3, 0.4) is 0 Å². The lowest BCUT2D eigenvalue weighted by molar-refractivity contribution is 0.669. The van der Waals surface area contributed by atoms with Crippen LogP contribution in [0.15, 0.2) is 253 Å². The van der Waals surface area contributed by atoms with E-state index < -0.39 is 0 Å². The number of hydrogen-bond acceptors (Lipinski definition) is 2. The van der Waals surface area contributed by atoms with Crippen molar-refractivity contribution in [3.8, 4) is 44.5 Å². The lowest BCUT2D eigenvalue weighted by Crippen LogP contribution is -2.11. The van der Waals surface area contributed by atoms with Crippen molar-refractivity contribution in [1.29, 1.82) is 0 Å². The zero-order valence-electron chi connectivity index (χ0n) is 36.0. The summed E-state index contributed by atoms with van der Waals surface area (Å²) in [5, 5.41) is 12.3. The molecule has 0 saturated heterocycles. The van der Waals surface area contributed by atoms with Crippen molar-refractivity contribution in [3.05, 3.63) is 249 Å². The SMILES string of the molecule is c1cc(-c2ccc(-c3ccc4ccc5ccccc5c4c3)cc2)cc(N(c2ccc(-c3cccc4oc5ccccc5c34)cc2)c2ccccc2-c2cccc3c2ccc2ccccc23)c1. The van der Waals surface area contributed by atoms with Crippen molar-refractivity contribution >= 4 is 82.1 Å². The highest BCUT2D eigenvalue weighted by atomic mass is 16.3. The van der Waals surface area contributed by atoms with E-state index in [0.29, 0.717) is 0 Å². The molecule has 0 amide bonds. The summed E-state index contributed by atoms with van der Waals surface area (Å²) in [5.74, 6) is 0. The Labute approximate surface area is 382 Å². The third-order valence-corrected chi connectivity index (χ3v) is 13.5. The molecule has 308 valence electrons.